The van der Waals surface area contributed by atoms with E-state index < -0.39 is 0 Å². The first kappa shape index (κ1) is 13.6. The third-order valence-electron chi connectivity index (χ3n) is 3.39. The van der Waals surface area contributed by atoms with Crippen molar-refractivity contribution >= 4 is 11.9 Å². The molecule has 0 aliphatic carbocycles. The van der Waals surface area contributed by atoms with Crippen LogP contribution in [0.15, 0.2) is 6.20 Å². The van der Waals surface area contributed by atoms with Crippen LogP contribution in [0.3, 0.4) is 0 Å². The number of aromatic amines is 1. The van der Waals surface area contributed by atoms with Crippen LogP contribution in [0.1, 0.15) is 35.8 Å². The van der Waals surface area contributed by atoms with Crippen LogP contribution >= 0.6 is 0 Å². The summed E-state index contributed by atoms with van der Waals surface area (Å²) in [5.41, 5.74) is 1.33. The number of aromatic nitrogens is 2. The van der Waals surface area contributed by atoms with Crippen molar-refractivity contribution in [1.82, 2.24) is 15.1 Å². The Morgan fingerprint density at radius 3 is 3.00 bits per heavy atom. The van der Waals surface area contributed by atoms with E-state index in [9.17, 15) is 9.59 Å². The number of likely N-dealkylation sites (tertiary alicyclic amines) is 1. The molecule has 1 aliphatic rings. The van der Waals surface area contributed by atoms with E-state index in [1.807, 2.05) is 6.92 Å². The van der Waals surface area contributed by atoms with Crippen LogP contribution in [0, 0.1) is 12.8 Å². The predicted molar refractivity (Wildman–Crippen MR) is 68.6 cm³/mol. The molecule has 1 amide bonds. The summed E-state index contributed by atoms with van der Waals surface area (Å²) in [4.78, 5) is 25.8. The molecule has 6 heteroatoms. The quantitative estimate of drug-likeness (QED) is 0.831. The van der Waals surface area contributed by atoms with Crippen molar-refractivity contribution < 1.29 is 14.3 Å². The molecule has 19 heavy (non-hydrogen) atoms. The minimum absolute atomic E-state index is 0.0692. The Balaban J connectivity index is 2.03. The van der Waals surface area contributed by atoms with Gasteiger partial charge in [-0.05, 0) is 26.7 Å². The fraction of sp³-hybridized carbons (Fsp3) is 0.615. The smallest absolute Gasteiger partial charge is 0.310 e. The number of rotatable bonds is 3. The van der Waals surface area contributed by atoms with Gasteiger partial charge in [-0.3, -0.25) is 14.7 Å². The van der Waals surface area contributed by atoms with E-state index in [0.29, 0.717) is 25.3 Å². The normalized spacial score (nSPS) is 19.3. The molecule has 1 aromatic heterocycles. The maximum Gasteiger partial charge on any atom is 0.310 e. The van der Waals surface area contributed by atoms with Gasteiger partial charge in [0.15, 0.2) is 0 Å². The summed E-state index contributed by atoms with van der Waals surface area (Å²) in [6.07, 6.45) is 3.14. The summed E-state index contributed by atoms with van der Waals surface area (Å²) in [5.74, 6) is -0.478. The molecule has 1 saturated heterocycles. The molecule has 6 nitrogen and oxygen atoms in total. The van der Waals surface area contributed by atoms with Crippen molar-refractivity contribution in [3.63, 3.8) is 0 Å². The van der Waals surface area contributed by atoms with Gasteiger partial charge in [0.25, 0.3) is 5.91 Å². The second kappa shape index (κ2) is 5.86. The van der Waals surface area contributed by atoms with Crippen LogP contribution in [0.25, 0.3) is 0 Å². The lowest BCUT2D eigenvalue weighted by Crippen LogP contribution is -2.42. The number of piperidine rings is 1. The maximum atomic E-state index is 12.3. The highest BCUT2D eigenvalue weighted by Crippen LogP contribution is 2.20. The lowest BCUT2D eigenvalue weighted by Gasteiger charge is -2.31. The maximum absolute atomic E-state index is 12.3. The molecular weight excluding hydrogens is 246 g/mol. The molecule has 1 N–H and O–H groups in total. The van der Waals surface area contributed by atoms with E-state index in [2.05, 4.69) is 10.2 Å². The number of aryl methyl sites for hydroxylation is 1. The lowest BCUT2D eigenvalue weighted by molar-refractivity contribution is -0.149. The van der Waals surface area contributed by atoms with Crippen molar-refractivity contribution in [3.05, 3.63) is 17.5 Å². The number of nitrogens with one attached hydrogen (secondary N) is 1. The van der Waals surface area contributed by atoms with Crippen LogP contribution in [-0.2, 0) is 9.53 Å². The van der Waals surface area contributed by atoms with Crippen molar-refractivity contribution in [2.45, 2.75) is 26.7 Å². The van der Waals surface area contributed by atoms with Crippen LogP contribution in [-0.4, -0.2) is 46.7 Å². The second-order valence-corrected chi connectivity index (χ2v) is 4.75. The molecule has 1 aromatic rings. The van der Waals surface area contributed by atoms with Gasteiger partial charge in [-0.15, -0.1) is 0 Å². The fourth-order valence-electron chi connectivity index (χ4n) is 2.35. The topological polar surface area (TPSA) is 75.3 Å². The number of nitrogens with zero attached hydrogens (tertiary/aromatic N) is 2. The molecule has 0 aromatic carbocycles. The highest BCUT2D eigenvalue weighted by atomic mass is 16.5. The van der Waals surface area contributed by atoms with Gasteiger partial charge in [0, 0.05) is 18.8 Å². The van der Waals surface area contributed by atoms with E-state index in [1.165, 1.54) is 6.20 Å². The van der Waals surface area contributed by atoms with Gasteiger partial charge in [-0.25, -0.2) is 0 Å². The highest BCUT2D eigenvalue weighted by molar-refractivity contribution is 5.95. The first-order valence-corrected chi connectivity index (χ1v) is 6.59. The minimum atomic E-state index is -0.205. The third kappa shape index (κ3) is 2.94. The third-order valence-corrected chi connectivity index (χ3v) is 3.39. The Morgan fingerprint density at radius 2 is 2.37 bits per heavy atom. The number of carbonyl (C=O) groups excluding carboxylic acids is 2. The summed E-state index contributed by atoms with van der Waals surface area (Å²) in [7, 11) is 0. The van der Waals surface area contributed by atoms with Gasteiger partial charge in [0.1, 0.15) is 0 Å². The average Bonchev–Trinajstić information content (AvgIpc) is 2.84. The average molecular weight is 265 g/mol. The van der Waals surface area contributed by atoms with Gasteiger partial charge in [-0.2, -0.15) is 5.10 Å². The summed E-state index contributed by atoms with van der Waals surface area (Å²) in [6.45, 7) is 5.09. The summed E-state index contributed by atoms with van der Waals surface area (Å²) >= 11 is 0. The Morgan fingerprint density at radius 1 is 1.58 bits per heavy atom. The van der Waals surface area contributed by atoms with Gasteiger partial charge >= 0.3 is 5.97 Å². The number of ether oxygens (including phenoxy) is 1. The van der Waals surface area contributed by atoms with Crippen LogP contribution in [0.5, 0.6) is 0 Å². The molecule has 1 aliphatic heterocycles. The van der Waals surface area contributed by atoms with Gasteiger partial charge in [-0.1, -0.05) is 0 Å². The lowest BCUT2D eigenvalue weighted by atomic mass is 9.97. The molecule has 2 rings (SSSR count). The Labute approximate surface area is 112 Å². The van der Waals surface area contributed by atoms with E-state index in [1.54, 1.807) is 11.8 Å². The summed E-state index contributed by atoms with van der Waals surface area (Å²) in [6, 6.07) is 0. The summed E-state index contributed by atoms with van der Waals surface area (Å²) < 4.78 is 5.03. The van der Waals surface area contributed by atoms with E-state index in [4.69, 9.17) is 4.74 Å². The Hall–Kier alpha value is -1.85. The van der Waals surface area contributed by atoms with Crippen LogP contribution in [0.2, 0.25) is 0 Å². The first-order valence-electron chi connectivity index (χ1n) is 6.59. The molecule has 0 spiro atoms. The van der Waals surface area contributed by atoms with E-state index in [0.717, 1.165) is 18.5 Å². The molecule has 2 heterocycles. The van der Waals surface area contributed by atoms with Crippen molar-refractivity contribution in [2.75, 3.05) is 19.7 Å². The molecule has 1 atom stereocenters. The van der Waals surface area contributed by atoms with E-state index in [-0.39, 0.29) is 17.8 Å². The standard InChI is InChI=1S/C13H19N3O3/c1-3-19-13(18)10-5-4-6-16(8-10)12(17)11-7-14-15-9(11)2/h7,10H,3-6,8H2,1-2H3,(H,14,15). The largest absolute Gasteiger partial charge is 0.466 e. The zero-order valence-electron chi connectivity index (χ0n) is 11.3. The Bertz CT molecular complexity index is 469. The van der Waals surface area contributed by atoms with Crippen molar-refractivity contribution in [1.29, 1.82) is 0 Å². The van der Waals surface area contributed by atoms with Crippen LogP contribution in [0.4, 0.5) is 0 Å². The van der Waals surface area contributed by atoms with Gasteiger partial charge in [0.2, 0.25) is 0 Å². The molecule has 0 bridgehead atoms. The molecule has 1 unspecified atom stereocenters. The van der Waals surface area contributed by atoms with E-state index >= 15 is 0 Å². The first-order chi connectivity index (χ1) is 9.13. The number of carbonyl (C=O) groups is 2. The zero-order valence-corrected chi connectivity index (χ0v) is 11.3. The highest BCUT2D eigenvalue weighted by Gasteiger charge is 2.30. The van der Waals surface area contributed by atoms with Crippen molar-refractivity contribution in [3.8, 4) is 0 Å². The zero-order chi connectivity index (χ0) is 13.8. The van der Waals surface area contributed by atoms with Gasteiger partial charge in [0.05, 0.1) is 24.3 Å². The second-order valence-electron chi connectivity index (χ2n) is 4.75. The molecule has 104 valence electrons. The molecule has 0 saturated carbocycles. The number of hydrogen-bond acceptors (Lipinski definition) is 4. The number of H-pyrrole nitrogens is 1. The number of hydrogen-bond donors (Lipinski definition) is 1. The predicted octanol–water partition coefficient (Wildman–Crippen LogP) is 1.13. The van der Waals surface area contributed by atoms with Gasteiger partial charge < -0.3 is 9.64 Å². The number of esters is 1. The Kier molecular flexibility index (Phi) is 4.19. The molecular formula is C13H19N3O3. The van der Waals surface area contributed by atoms with Crippen molar-refractivity contribution in [2.24, 2.45) is 5.92 Å². The molecule has 1 fully saturated rings. The van der Waals surface area contributed by atoms with Crippen LogP contribution < -0.4 is 0 Å². The monoisotopic (exact) mass is 265 g/mol. The SMILES string of the molecule is CCOC(=O)C1CCCN(C(=O)c2cn[nH]c2C)C1. The fourth-order valence-corrected chi connectivity index (χ4v) is 2.35. The number of amides is 1. The molecule has 0 radical (unpaired) electrons. The summed E-state index contributed by atoms with van der Waals surface area (Å²) in [5, 5.41) is 6.61. The minimum Gasteiger partial charge on any atom is -0.466 e.